The second kappa shape index (κ2) is 7.43. The Bertz CT molecular complexity index is 772. The zero-order valence-electron chi connectivity index (χ0n) is 16.7. The lowest BCUT2D eigenvalue weighted by Gasteiger charge is -2.38. The van der Waals surface area contributed by atoms with E-state index in [-0.39, 0.29) is 0 Å². The minimum atomic E-state index is 0.372. The number of thiophene rings is 1. The topological polar surface area (TPSA) is 32.3 Å². The molecule has 2 aromatic rings. The molecule has 1 aliphatic carbocycles. The summed E-state index contributed by atoms with van der Waals surface area (Å²) in [6.07, 6.45) is 6.43. The summed E-state index contributed by atoms with van der Waals surface area (Å²) >= 11 is 1.94. The lowest BCUT2D eigenvalue weighted by molar-refractivity contribution is 0.209. The molecule has 4 rings (SSSR count). The Morgan fingerprint density at radius 3 is 2.31 bits per heavy atom. The predicted octanol–water partition coefficient (Wildman–Crippen LogP) is 4.61. The van der Waals surface area contributed by atoms with E-state index in [1.807, 2.05) is 11.3 Å². The quantitative estimate of drug-likeness (QED) is 0.736. The molecule has 0 radical (unpaired) electrons. The number of anilines is 1. The summed E-state index contributed by atoms with van der Waals surface area (Å²) in [6.45, 7) is 13.4. The van der Waals surface area contributed by atoms with Crippen molar-refractivity contribution < 1.29 is 0 Å². The molecule has 1 fully saturated rings. The summed E-state index contributed by atoms with van der Waals surface area (Å²) in [5, 5.41) is 1.38. The molecule has 142 valence electrons. The lowest BCUT2D eigenvalue weighted by Crippen LogP contribution is -2.49. The van der Waals surface area contributed by atoms with Crippen LogP contribution in [-0.2, 0) is 12.8 Å². The van der Waals surface area contributed by atoms with Gasteiger partial charge in [-0.2, -0.15) is 0 Å². The Hall–Kier alpha value is -1.20. The van der Waals surface area contributed by atoms with Crippen molar-refractivity contribution in [1.29, 1.82) is 0 Å². The molecular formula is C21H32N4S. The molecule has 2 aromatic heterocycles. The highest BCUT2D eigenvalue weighted by Crippen LogP contribution is 2.40. The second-order valence-corrected chi connectivity index (χ2v) is 9.51. The number of aromatic nitrogens is 2. The van der Waals surface area contributed by atoms with Crippen molar-refractivity contribution in [2.24, 2.45) is 0 Å². The van der Waals surface area contributed by atoms with Crippen molar-refractivity contribution in [2.75, 3.05) is 31.1 Å². The molecule has 0 saturated carbocycles. The minimum absolute atomic E-state index is 0.372. The maximum absolute atomic E-state index is 5.11. The summed E-state index contributed by atoms with van der Waals surface area (Å²) in [7, 11) is 0. The zero-order valence-corrected chi connectivity index (χ0v) is 17.5. The van der Waals surface area contributed by atoms with Gasteiger partial charge in [-0.15, -0.1) is 11.3 Å². The molecular weight excluding hydrogens is 340 g/mol. The van der Waals surface area contributed by atoms with Crippen molar-refractivity contribution in [1.82, 2.24) is 14.9 Å². The molecule has 0 spiro atoms. The van der Waals surface area contributed by atoms with E-state index in [1.165, 1.54) is 48.1 Å². The highest BCUT2D eigenvalue weighted by atomic mass is 32.1. The molecule has 0 amide bonds. The molecule has 0 atom stereocenters. The summed E-state index contributed by atoms with van der Waals surface area (Å²) in [4.78, 5) is 18.0. The maximum atomic E-state index is 5.11. The zero-order chi connectivity index (χ0) is 18.3. The summed E-state index contributed by atoms with van der Waals surface area (Å²) < 4.78 is 0. The largest absolute Gasteiger partial charge is 0.353 e. The van der Waals surface area contributed by atoms with Crippen molar-refractivity contribution in [2.45, 2.75) is 71.8 Å². The molecule has 0 aromatic carbocycles. The van der Waals surface area contributed by atoms with Crippen molar-refractivity contribution >= 4 is 27.4 Å². The van der Waals surface area contributed by atoms with E-state index in [2.05, 4.69) is 37.5 Å². The second-order valence-electron chi connectivity index (χ2n) is 8.42. The summed E-state index contributed by atoms with van der Waals surface area (Å²) in [5.74, 6) is 2.61. The highest BCUT2D eigenvalue weighted by molar-refractivity contribution is 7.19. The van der Waals surface area contributed by atoms with Crippen LogP contribution in [0.1, 0.15) is 69.1 Å². The molecule has 3 heterocycles. The first kappa shape index (κ1) is 18.2. The normalized spacial score (nSPS) is 19.4. The number of aryl methyl sites for hydroxylation is 2. The molecule has 26 heavy (non-hydrogen) atoms. The Kier molecular flexibility index (Phi) is 5.20. The van der Waals surface area contributed by atoms with Crippen LogP contribution in [0.25, 0.3) is 10.2 Å². The molecule has 4 nitrogen and oxygen atoms in total. The fraction of sp³-hybridized carbons (Fsp3) is 0.714. The number of hydrogen-bond donors (Lipinski definition) is 0. The van der Waals surface area contributed by atoms with Crippen LogP contribution in [0.15, 0.2) is 0 Å². The first-order chi connectivity index (χ1) is 12.5. The Morgan fingerprint density at radius 2 is 1.62 bits per heavy atom. The van der Waals surface area contributed by atoms with Gasteiger partial charge in [0.2, 0.25) is 0 Å². The number of fused-ring (bicyclic) bond motifs is 3. The smallest absolute Gasteiger partial charge is 0.141 e. The van der Waals surface area contributed by atoms with Crippen LogP contribution in [0.3, 0.4) is 0 Å². The SMILES string of the molecule is CC(C)c1nc(N2CCN(C(C)C)CC2)c2c3c(sc2n1)CCCCC3. The van der Waals surface area contributed by atoms with Crippen LogP contribution in [0.5, 0.6) is 0 Å². The van der Waals surface area contributed by atoms with Gasteiger partial charge in [-0.3, -0.25) is 4.90 Å². The van der Waals surface area contributed by atoms with Crippen LogP contribution in [0, 0.1) is 0 Å². The Morgan fingerprint density at radius 1 is 0.885 bits per heavy atom. The van der Waals surface area contributed by atoms with Gasteiger partial charge in [0.25, 0.3) is 0 Å². The molecule has 5 heteroatoms. The van der Waals surface area contributed by atoms with E-state index in [1.54, 1.807) is 10.4 Å². The number of hydrogen-bond acceptors (Lipinski definition) is 5. The van der Waals surface area contributed by atoms with Crippen LogP contribution in [0.2, 0.25) is 0 Å². The van der Waals surface area contributed by atoms with E-state index in [0.717, 1.165) is 32.0 Å². The van der Waals surface area contributed by atoms with Gasteiger partial charge in [0.1, 0.15) is 16.5 Å². The van der Waals surface area contributed by atoms with Gasteiger partial charge in [0.15, 0.2) is 0 Å². The van der Waals surface area contributed by atoms with Crippen molar-refractivity contribution in [3.05, 3.63) is 16.3 Å². The van der Waals surface area contributed by atoms with Gasteiger partial charge in [0, 0.05) is 43.0 Å². The Balaban J connectivity index is 1.77. The van der Waals surface area contributed by atoms with Gasteiger partial charge in [-0.1, -0.05) is 20.3 Å². The third kappa shape index (κ3) is 3.36. The van der Waals surface area contributed by atoms with Gasteiger partial charge in [-0.25, -0.2) is 9.97 Å². The van der Waals surface area contributed by atoms with Crippen LogP contribution in [0.4, 0.5) is 5.82 Å². The summed E-state index contributed by atoms with van der Waals surface area (Å²) in [5.41, 5.74) is 1.57. The van der Waals surface area contributed by atoms with Crippen molar-refractivity contribution in [3.8, 4) is 0 Å². The molecule has 1 aliphatic heterocycles. The van der Waals surface area contributed by atoms with E-state index >= 15 is 0 Å². The fourth-order valence-corrected chi connectivity index (χ4v) is 5.53. The molecule has 2 aliphatic rings. The predicted molar refractivity (Wildman–Crippen MR) is 112 cm³/mol. The highest BCUT2D eigenvalue weighted by Gasteiger charge is 2.26. The third-order valence-corrected chi connectivity index (χ3v) is 7.11. The first-order valence-electron chi connectivity index (χ1n) is 10.4. The Labute approximate surface area is 161 Å². The molecule has 1 saturated heterocycles. The van der Waals surface area contributed by atoms with E-state index in [0.29, 0.717) is 12.0 Å². The van der Waals surface area contributed by atoms with Gasteiger partial charge < -0.3 is 4.90 Å². The van der Waals surface area contributed by atoms with Gasteiger partial charge in [0.05, 0.1) is 5.39 Å². The monoisotopic (exact) mass is 372 g/mol. The molecule has 0 unspecified atom stereocenters. The molecule has 0 bridgehead atoms. The lowest BCUT2D eigenvalue weighted by atomic mass is 10.1. The number of nitrogens with zero attached hydrogens (tertiary/aromatic N) is 4. The molecule has 0 N–H and O–H groups in total. The fourth-order valence-electron chi connectivity index (χ4n) is 4.27. The number of piperazine rings is 1. The van der Waals surface area contributed by atoms with E-state index in [9.17, 15) is 0 Å². The standard InChI is InChI=1S/C21H32N4S/c1-14(2)19-22-20(25-12-10-24(11-13-25)15(3)4)18-16-8-6-5-7-9-17(16)26-21(18)23-19/h14-15H,5-13H2,1-4H3. The van der Waals surface area contributed by atoms with E-state index in [4.69, 9.17) is 9.97 Å². The first-order valence-corrected chi connectivity index (χ1v) is 11.2. The summed E-state index contributed by atoms with van der Waals surface area (Å²) in [6, 6.07) is 0.631. The van der Waals surface area contributed by atoms with Crippen LogP contribution >= 0.6 is 11.3 Å². The van der Waals surface area contributed by atoms with Crippen molar-refractivity contribution in [3.63, 3.8) is 0 Å². The van der Waals surface area contributed by atoms with Crippen LogP contribution < -0.4 is 4.90 Å². The average Bonchev–Trinajstić information content (AvgIpc) is 2.82. The number of rotatable bonds is 3. The maximum Gasteiger partial charge on any atom is 0.141 e. The third-order valence-electron chi connectivity index (χ3n) is 5.92. The van der Waals surface area contributed by atoms with Gasteiger partial charge in [-0.05, 0) is 45.1 Å². The van der Waals surface area contributed by atoms with Crippen LogP contribution in [-0.4, -0.2) is 47.1 Å². The van der Waals surface area contributed by atoms with E-state index < -0.39 is 0 Å². The minimum Gasteiger partial charge on any atom is -0.353 e. The van der Waals surface area contributed by atoms with Gasteiger partial charge >= 0.3 is 0 Å². The average molecular weight is 373 g/mol.